The van der Waals surface area contributed by atoms with Crippen molar-refractivity contribution >= 4 is 39.7 Å². The third-order valence-electron chi connectivity index (χ3n) is 1.21. The number of hydrogen-bond acceptors (Lipinski definition) is 4. The molecule has 76 valence electrons. The van der Waals surface area contributed by atoms with Gasteiger partial charge in [-0.1, -0.05) is 13.3 Å². The summed E-state index contributed by atoms with van der Waals surface area (Å²) >= 11 is 0. The quantitative estimate of drug-likeness (QED) is 0.384. The first-order valence-electron chi connectivity index (χ1n) is 4.03. The van der Waals surface area contributed by atoms with Crippen molar-refractivity contribution < 1.29 is 17.7 Å². The first kappa shape index (κ1) is 16.3. The van der Waals surface area contributed by atoms with Gasteiger partial charge in [0, 0.05) is 0 Å². The third-order valence-corrected chi connectivity index (χ3v) is 2.62. The van der Waals surface area contributed by atoms with E-state index in [0.29, 0.717) is 0 Å². The average Bonchev–Trinajstić information content (AvgIpc) is 1.84. The van der Waals surface area contributed by atoms with Gasteiger partial charge in [-0.2, -0.15) is 8.42 Å². The van der Waals surface area contributed by atoms with E-state index < -0.39 is 16.2 Å². The van der Waals surface area contributed by atoms with Crippen molar-refractivity contribution in [3.63, 3.8) is 0 Å². The summed E-state index contributed by atoms with van der Waals surface area (Å²) in [7, 11) is -3.50. The topological polar surface area (TPSA) is 63.6 Å². The average molecular weight is 220 g/mol. The zero-order chi connectivity index (χ0) is 9.61. The SMILES string of the molecule is CCCCOS(=O)(=O)CC(C)O.[NaH]. The van der Waals surface area contributed by atoms with Gasteiger partial charge in [-0.25, -0.2) is 0 Å². The molecule has 1 atom stereocenters. The zero-order valence-electron chi connectivity index (χ0n) is 7.49. The maximum absolute atomic E-state index is 10.9. The van der Waals surface area contributed by atoms with Crippen LogP contribution < -0.4 is 0 Å². The molecule has 0 saturated heterocycles. The third kappa shape index (κ3) is 10.8. The van der Waals surface area contributed by atoms with Crippen LogP contribution >= 0.6 is 0 Å². The Morgan fingerprint density at radius 1 is 1.46 bits per heavy atom. The van der Waals surface area contributed by atoms with Crippen LogP contribution in [0.3, 0.4) is 0 Å². The molecule has 0 amide bonds. The molecule has 0 aliphatic heterocycles. The van der Waals surface area contributed by atoms with Crippen LogP contribution in [0, 0.1) is 0 Å². The van der Waals surface area contributed by atoms with Gasteiger partial charge in [0.1, 0.15) is 5.75 Å². The molecule has 0 radical (unpaired) electrons. The van der Waals surface area contributed by atoms with Gasteiger partial charge in [0.2, 0.25) is 0 Å². The van der Waals surface area contributed by atoms with Crippen LogP contribution in [0.25, 0.3) is 0 Å². The summed E-state index contributed by atoms with van der Waals surface area (Å²) in [4.78, 5) is 0. The van der Waals surface area contributed by atoms with E-state index in [-0.39, 0.29) is 41.9 Å². The fraction of sp³-hybridized carbons (Fsp3) is 1.00. The molecule has 6 heteroatoms. The summed E-state index contributed by atoms with van der Waals surface area (Å²) in [6.07, 6.45) is 0.750. The predicted molar refractivity (Wildman–Crippen MR) is 53.5 cm³/mol. The first-order valence-corrected chi connectivity index (χ1v) is 5.61. The normalized spacial score (nSPS) is 13.5. The summed E-state index contributed by atoms with van der Waals surface area (Å²) in [5.41, 5.74) is 0. The minimum atomic E-state index is -3.50. The number of unbranched alkanes of at least 4 members (excludes halogenated alkanes) is 1. The van der Waals surface area contributed by atoms with Gasteiger partial charge in [-0.15, -0.1) is 0 Å². The van der Waals surface area contributed by atoms with E-state index in [1.165, 1.54) is 6.92 Å². The molecule has 0 aliphatic carbocycles. The van der Waals surface area contributed by atoms with E-state index in [1.54, 1.807) is 0 Å². The molecule has 0 spiro atoms. The fourth-order valence-electron chi connectivity index (χ4n) is 0.674. The van der Waals surface area contributed by atoms with Crippen LogP contribution in [0.4, 0.5) is 0 Å². The Kier molecular flexibility index (Phi) is 10.3. The number of rotatable bonds is 6. The van der Waals surface area contributed by atoms with Crippen LogP contribution in [-0.2, 0) is 14.3 Å². The van der Waals surface area contributed by atoms with Crippen molar-refractivity contribution in [1.82, 2.24) is 0 Å². The van der Waals surface area contributed by atoms with Crippen molar-refractivity contribution in [2.24, 2.45) is 0 Å². The summed E-state index contributed by atoms with van der Waals surface area (Å²) in [5.74, 6) is -0.323. The number of hydrogen-bond donors (Lipinski definition) is 1. The molecule has 13 heavy (non-hydrogen) atoms. The van der Waals surface area contributed by atoms with Gasteiger partial charge >= 0.3 is 29.6 Å². The van der Waals surface area contributed by atoms with Crippen molar-refractivity contribution in [1.29, 1.82) is 0 Å². The minimum absolute atomic E-state index is 0. The second-order valence-corrected chi connectivity index (χ2v) is 4.43. The molecule has 0 aromatic rings. The second-order valence-electron chi connectivity index (χ2n) is 2.75. The molecule has 0 aromatic heterocycles. The molecule has 0 rings (SSSR count). The molecule has 1 N–H and O–H groups in total. The fourth-order valence-corrected chi connectivity index (χ4v) is 1.73. The van der Waals surface area contributed by atoms with Crippen LogP contribution in [0.1, 0.15) is 26.7 Å². The van der Waals surface area contributed by atoms with E-state index in [4.69, 9.17) is 5.11 Å². The van der Waals surface area contributed by atoms with Crippen LogP contribution in [0.2, 0.25) is 0 Å². The Balaban J connectivity index is 0. The van der Waals surface area contributed by atoms with Crippen molar-refractivity contribution in [3.8, 4) is 0 Å². The Labute approximate surface area is 102 Å². The Morgan fingerprint density at radius 2 is 2.00 bits per heavy atom. The van der Waals surface area contributed by atoms with E-state index >= 15 is 0 Å². The van der Waals surface area contributed by atoms with Crippen LogP contribution in [-0.4, -0.2) is 61.5 Å². The zero-order valence-corrected chi connectivity index (χ0v) is 8.30. The van der Waals surface area contributed by atoms with E-state index in [9.17, 15) is 8.42 Å². The van der Waals surface area contributed by atoms with E-state index in [2.05, 4.69) is 4.18 Å². The monoisotopic (exact) mass is 220 g/mol. The molecule has 0 fully saturated rings. The molecule has 0 aromatic carbocycles. The van der Waals surface area contributed by atoms with Gasteiger partial charge < -0.3 is 5.11 Å². The summed E-state index contributed by atoms with van der Waals surface area (Å²) in [6.45, 7) is 3.58. The molecule has 0 aliphatic rings. The predicted octanol–water partition coefficient (Wildman–Crippen LogP) is -0.135. The molecular formula is C7H17NaO4S. The van der Waals surface area contributed by atoms with Crippen molar-refractivity contribution in [2.45, 2.75) is 32.8 Å². The van der Waals surface area contributed by atoms with Crippen molar-refractivity contribution in [3.05, 3.63) is 0 Å². The number of aliphatic hydroxyl groups excluding tert-OH is 1. The Hall–Kier alpha value is 0.870. The first-order chi connectivity index (χ1) is 5.48. The molecule has 0 bridgehead atoms. The standard InChI is InChI=1S/C7H16O4S.Na.H/c1-3-4-5-11-12(9,10)6-7(2)8;;/h7-8H,3-6H2,1-2H3;;. The van der Waals surface area contributed by atoms with E-state index in [0.717, 1.165) is 12.8 Å². The Morgan fingerprint density at radius 3 is 2.38 bits per heavy atom. The second kappa shape index (κ2) is 8.20. The van der Waals surface area contributed by atoms with Gasteiger partial charge in [-0.3, -0.25) is 4.18 Å². The Bertz CT molecular complexity index is 201. The molecule has 4 nitrogen and oxygen atoms in total. The van der Waals surface area contributed by atoms with Crippen LogP contribution in [0.15, 0.2) is 0 Å². The van der Waals surface area contributed by atoms with Gasteiger partial charge in [0.05, 0.1) is 12.7 Å². The van der Waals surface area contributed by atoms with Crippen LogP contribution in [0.5, 0.6) is 0 Å². The molecular weight excluding hydrogens is 203 g/mol. The molecule has 1 unspecified atom stereocenters. The van der Waals surface area contributed by atoms with E-state index in [1.807, 2.05) is 6.92 Å². The summed E-state index contributed by atoms with van der Waals surface area (Å²) < 4.78 is 26.5. The maximum atomic E-state index is 10.9. The number of aliphatic hydroxyl groups is 1. The van der Waals surface area contributed by atoms with Gasteiger partial charge in [0.15, 0.2) is 0 Å². The molecule has 0 heterocycles. The molecule has 0 saturated carbocycles. The summed E-state index contributed by atoms with van der Waals surface area (Å²) in [5, 5.41) is 8.79. The van der Waals surface area contributed by atoms with Crippen molar-refractivity contribution in [2.75, 3.05) is 12.4 Å². The summed E-state index contributed by atoms with van der Waals surface area (Å²) in [6, 6.07) is 0. The van der Waals surface area contributed by atoms with Gasteiger partial charge in [-0.05, 0) is 13.3 Å². The van der Waals surface area contributed by atoms with Gasteiger partial charge in [0.25, 0.3) is 10.1 Å².